The van der Waals surface area contributed by atoms with E-state index in [1.807, 2.05) is 13.8 Å². The normalized spacial score (nSPS) is 11.3. The molecule has 17 heavy (non-hydrogen) atoms. The van der Waals surface area contributed by atoms with Crippen molar-refractivity contribution in [3.63, 3.8) is 0 Å². The maximum absolute atomic E-state index is 11.5. The van der Waals surface area contributed by atoms with E-state index >= 15 is 0 Å². The van der Waals surface area contributed by atoms with Gasteiger partial charge in [-0.25, -0.2) is 4.79 Å². The SMILES string of the molecule is COC(=O)c1cc(C(C)(C)CCN)ccc1O. The quantitative estimate of drug-likeness (QED) is 0.783. The third kappa shape index (κ3) is 2.97. The molecule has 0 fully saturated rings. The highest BCUT2D eigenvalue weighted by Gasteiger charge is 2.22. The molecule has 0 bridgehead atoms. The molecular formula is C13H19NO3. The molecule has 0 atom stereocenters. The number of esters is 1. The standard InChI is InChI=1S/C13H19NO3/c1-13(2,6-7-14)9-4-5-11(15)10(8-9)12(16)17-3/h4-5,8,15H,6-7,14H2,1-3H3. The monoisotopic (exact) mass is 237 g/mol. The molecule has 0 saturated carbocycles. The number of hydrogen-bond donors (Lipinski definition) is 2. The molecule has 0 heterocycles. The lowest BCUT2D eigenvalue weighted by atomic mass is 9.81. The van der Waals surface area contributed by atoms with Crippen molar-refractivity contribution < 1.29 is 14.6 Å². The molecule has 0 aromatic heterocycles. The number of nitrogens with two attached hydrogens (primary N) is 1. The third-order valence-electron chi connectivity index (χ3n) is 2.95. The predicted molar refractivity (Wildman–Crippen MR) is 66.1 cm³/mol. The predicted octanol–water partition coefficient (Wildman–Crippen LogP) is 1.81. The number of benzene rings is 1. The summed E-state index contributed by atoms with van der Waals surface area (Å²) in [7, 11) is 1.29. The fraction of sp³-hybridized carbons (Fsp3) is 0.462. The minimum atomic E-state index is -0.534. The van der Waals surface area contributed by atoms with Crippen LogP contribution in [0.4, 0.5) is 0 Å². The minimum absolute atomic E-state index is 0.0656. The summed E-state index contributed by atoms with van der Waals surface area (Å²) >= 11 is 0. The fourth-order valence-electron chi connectivity index (χ4n) is 1.74. The highest BCUT2D eigenvalue weighted by molar-refractivity contribution is 5.92. The maximum atomic E-state index is 11.5. The van der Waals surface area contributed by atoms with Gasteiger partial charge < -0.3 is 15.6 Å². The van der Waals surface area contributed by atoms with Gasteiger partial charge in [-0.3, -0.25) is 0 Å². The Bertz CT molecular complexity index is 413. The highest BCUT2D eigenvalue weighted by atomic mass is 16.5. The van der Waals surface area contributed by atoms with Gasteiger partial charge in [0.1, 0.15) is 11.3 Å². The first-order valence-corrected chi connectivity index (χ1v) is 5.54. The molecule has 0 amide bonds. The van der Waals surface area contributed by atoms with Gasteiger partial charge >= 0.3 is 5.97 Å². The molecule has 0 aliphatic rings. The van der Waals surface area contributed by atoms with E-state index in [4.69, 9.17) is 5.73 Å². The first-order chi connectivity index (χ1) is 7.92. The van der Waals surface area contributed by atoms with Crippen LogP contribution in [0.1, 0.15) is 36.2 Å². The van der Waals surface area contributed by atoms with E-state index in [-0.39, 0.29) is 16.7 Å². The van der Waals surface area contributed by atoms with E-state index in [1.54, 1.807) is 12.1 Å². The van der Waals surface area contributed by atoms with Crippen molar-refractivity contribution in [3.05, 3.63) is 29.3 Å². The van der Waals surface area contributed by atoms with E-state index in [0.29, 0.717) is 6.54 Å². The molecular weight excluding hydrogens is 218 g/mol. The number of phenolic OH excluding ortho intramolecular Hbond substituents is 1. The van der Waals surface area contributed by atoms with Gasteiger partial charge in [-0.2, -0.15) is 0 Å². The van der Waals surface area contributed by atoms with Gasteiger partial charge in [-0.05, 0) is 36.1 Å². The third-order valence-corrected chi connectivity index (χ3v) is 2.95. The Balaban J connectivity index is 3.16. The van der Waals surface area contributed by atoms with Gasteiger partial charge in [0.05, 0.1) is 7.11 Å². The van der Waals surface area contributed by atoms with Crippen molar-refractivity contribution >= 4 is 5.97 Å². The number of aromatic hydroxyl groups is 1. The van der Waals surface area contributed by atoms with Crippen molar-refractivity contribution in [2.45, 2.75) is 25.7 Å². The summed E-state index contributed by atoms with van der Waals surface area (Å²) in [4.78, 5) is 11.5. The molecule has 0 spiro atoms. The van der Waals surface area contributed by atoms with Gasteiger partial charge in [-0.15, -0.1) is 0 Å². The molecule has 0 saturated heterocycles. The van der Waals surface area contributed by atoms with Crippen molar-refractivity contribution in [1.29, 1.82) is 0 Å². The second-order valence-electron chi connectivity index (χ2n) is 4.65. The zero-order valence-electron chi connectivity index (χ0n) is 10.5. The van der Waals surface area contributed by atoms with Crippen molar-refractivity contribution in [3.8, 4) is 5.75 Å². The average Bonchev–Trinajstić information content (AvgIpc) is 2.28. The second kappa shape index (κ2) is 5.19. The number of rotatable bonds is 4. The largest absolute Gasteiger partial charge is 0.507 e. The summed E-state index contributed by atoms with van der Waals surface area (Å²) in [6, 6.07) is 4.98. The molecule has 1 aromatic rings. The second-order valence-corrected chi connectivity index (χ2v) is 4.65. The molecule has 4 heteroatoms. The highest BCUT2D eigenvalue weighted by Crippen LogP contribution is 2.30. The average molecular weight is 237 g/mol. The molecule has 1 aromatic carbocycles. The van der Waals surface area contributed by atoms with Crippen LogP contribution in [-0.2, 0) is 10.2 Å². The summed E-state index contributed by atoms with van der Waals surface area (Å²) in [6.45, 7) is 4.67. The van der Waals surface area contributed by atoms with E-state index in [9.17, 15) is 9.90 Å². The lowest BCUT2D eigenvalue weighted by Crippen LogP contribution is -2.22. The lowest BCUT2D eigenvalue weighted by molar-refractivity contribution is 0.0597. The molecule has 0 aliphatic heterocycles. The fourth-order valence-corrected chi connectivity index (χ4v) is 1.74. The van der Waals surface area contributed by atoms with Crippen LogP contribution >= 0.6 is 0 Å². The smallest absolute Gasteiger partial charge is 0.341 e. The Labute approximate surface area is 101 Å². The number of hydrogen-bond acceptors (Lipinski definition) is 4. The molecule has 0 aliphatic carbocycles. The number of carbonyl (C=O) groups is 1. The Morgan fingerprint density at radius 2 is 2.12 bits per heavy atom. The molecule has 1 rings (SSSR count). The zero-order valence-corrected chi connectivity index (χ0v) is 10.5. The first kappa shape index (κ1) is 13.5. The summed E-state index contributed by atoms with van der Waals surface area (Å²) in [6.07, 6.45) is 0.804. The molecule has 4 nitrogen and oxygen atoms in total. The Morgan fingerprint density at radius 1 is 1.47 bits per heavy atom. The summed E-state index contributed by atoms with van der Waals surface area (Å²) < 4.78 is 4.62. The van der Waals surface area contributed by atoms with E-state index < -0.39 is 5.97 Å². The topological polar surface area (TPSA) is 72.5 Å². The number of ether oxygens (including phenoxy) is 1. The van der Waals surface area contributed by atoms with Gasteiger partial charge in [0, 0.05) is 0 Å². The number of methoxy groups -OCH3 is 1. The summed E-state index contributed by atoms with van der Waals surface area (Å²) in [5.74, 6) is -0.600. The molecule has 0 unspecified atom stereocenters. The van der Waals surface area contributed by atoms with Crippen LogP contribution in [0.2, 0.25) is 0 Å². The summed E-state index contributed by atoms with van der Waals surface area (Å²) in [5.41, 5.74) is 6.58. The molecule has 0 radical (unpaired) electrons. The van der Waals surface area contributed by atoms with Crippen LogP contribution in [0, 0.1) is 0 Å². The Kier molecular flexibility index (Phi) is 4.12. The van der Waals surface area contributed by atoms with Crippen LogP contribution in [0.15, 0.2) is 18.2 Å². The van der Waals surface area contributed by atoms with Crippen LogP contribution in [0.25, 0.3) is 0 Å². The Morgan fingerprint density at radius 3 is 2.65 bits per heavy atom. The molecule has 3 N–H and O–H groups in total. The number of carbonyl (C=O) groups excluding carboxylic acids is 1. The first-order valence-electron chi connectivity index (χ1n) is 5.54. The zero-order chi connectivity index (χ0) is 13.1. The minimum Gasteiger partial charge on any atom is -0.507 e. The van der Waals surface area contributed by atoms with Crippen LogP contribution in [0.5, 0.6) is 5.75 Å². The van der Waals surface area contributed by atoms with E-state index in [1.165, 1.54) is 13.2 Å². The summed E-state index contributed by atoms with van der Waals surface area (Å²) in [5, 5.41) is 9.61. The van der Waals surface area contributed by atoms with Crippen LogP contribution in [-0.4, -0.2) is 24.7 Å². The van der Waals surface area contributed by atoms with Crippen LogP contribution < -0.4 is 5.73 Å². The maximum Gasteiger partial charge on any atom is 0.341 e. The lowest BCUT2D eigenvalue weighted by Gasteiger charge is -2.25. The van der Waals surface area contributed by atoms with E-state index in [2.05, 4.69) is 4.74 Å². The van der Waals surface area contributed by atoms with Crippen LogP contribution in [0.3, 0.4) is 0 Å². The van der Waals surface area contributed by atoms with Gasteiger partial charge in [-0.1, -0.05) is 19.9 Å². The van der Waals surface area contributed by atoms with Gasteiger partial charge in [0.2, 0.25) is 0 Å². The van der Waals surface area contributed by atoms with Crippen molar-refractivity contribution in [2.24, 2.45) is 5.73 Å². The van der Waals surface area contributed by atoms with E-state index in [0.717, 1.165) is 12.0 Å². The Hall–Kier alpha value is -1.55. The van der Waals surface area contributed by atoms with Gasteiger partial charge in [0.15, 0.2) is 0 Å². The van der Waals surface area contributed by atoms with Crippen molar-refractivity contribution in [1.82, 2.24) is 0 Å². The van der Waals surface area contributed by atoms with Crippen molar-refractivity contribution in [2.75, 3.05) is 13.7 Å². The number of phenols is 1. The molecule has 94 valence electrons. The van der Waals surface area contributed by atoms with Gasteiger partial charge in [0.25, 0.3) is 0 Å².